The van der Waals surface area contributed by atoms with E-state index in [4.69, 9.17) is 23.7 Å². The lowest BCUT2D eigenvalue weighted by Gasteiger charge is -2.42. The minimum absolute atomic E-state index is 0.245. The van der Waals surface area contributed by atoms with E-state index in [0.29, 0.717) is 5.75 Å². The molecule has 2 saturated heterocycles. The summed E-state index contributed by atoms with van der Waals surface area (Å²) in [7, 11) is 1.46. The van der Waals surface area contributed by atoms with Gasteiger partial charge in [0.2, 0.25) is 6.29 Å². The van der Waals surface area contributed by atoms with Gasteiger partial charge in [-0.2, -0.15) is 0 Å². The van der Waals surface area contributed by atoms with Gasteiger partial charge in [0.25, 0.3) is 0 Å². The van der Waals surface area contributed by atoms with Crippen molar-refractivity contribution < 1.29 is 54.3 Å². The fourth-order valence-corrected chi connectivity index (χ4v) is 3.70. The first-order valence-corrected chi connectivity index (χ1v) is 10.7. The molecule has 10 atom stereocenters. The molecule has 2 aliphatic rings. The molecule has 33 heavy (non-hydrogen) atoms. The monoisotopic (exact) mass is 472 g/mol. The molecule has 0 spiro atoms. The van der Waals surface area contributed by atoms with Gasteiger partial charge < -0.3 is 54.3 Å². The summed E-state index contributed by atoms with van der Waals surface area (Å²) >= 11 is 0. The minimum atomic E-state index is -1.62. The third kappa shape index (κ3) is 5.65. The van der Waals surface area contributed by atoms with Crippen molar-refractivity contribution in [1.82, 2.24) is 0 Å². The quantitative estimate of drug-likeness (QED) is 0.281. The molecule has 2 heterocycles. The Morgan fingerprint density at radius 3 is 2.18 bits per heavy atom. The van der Waals surface area contributed by atoms with E-state index < -0.39 is 61.4 Å². The number of rotatable bonds is 7. The number of aliphatic hydroxyl groups is 6. The maximum Gasteiger partial charge on any atom is 0.229 e. The minimum Gasteiger partial charge on any atom is -0.493 e. The van der Waals surface area contributed by atoms with Crippen LogP contribution in [0.25, 0.3) is 6.08 Å². The number of methoxy groups -OCH3 is 1. The second-order valence-electron chi connectivity index (χ2n) is 8.06. The molecule has 0 radical (unpaired) electrons. The first-order valence-electron chi connectivity index (χ1n) is 10.7. The van der Waals surface area contributed by atoms with Crippen molar-refractivity contribution in [3.05, 3.63) is 29.8 Å². The van der Waals surface area contributed by atoms with Gasteiger partial charge in [-0.3, -0.25) is 0 Å². The smallest absolute Gasteiger partial charge is 0.229 e. The first-order chi connectivity index (χ1) is 15.7. The zero-order valence-corrected chi connectivity index (χ0v) is 18.6. The summed E-state index contributed by atoms with van der Waals surface area (Å²) in [6, 6.07) is 5.11. The second kappa shape index (κ2) is 11.1. The van der Waals surface area contributed by atoms with Gasteiger partial charge in [0.15, 0.2) is 17.8 Å². The van der Waals surface area contributed by atoms with Crippen LogP contribution in [0.5, 0.6) is 11.5 Å². The molecule has 0 amide bonds. The molecule has 1 aromatic carbocycles. The molecule has 1 aromatic rings. The molecule has 186 valence electrons. The Kier molecular flexibility index (Phi) is 8.67. The van der Waals surface area contributed by atoms with E-state index >= 15 is 0 Å². The van der Waals surface area contributed by atoms with Crippen LogP contribution >= 0.6 is 0 Å². The summed E-state index contributed by atoms with van der Waals surface area (Å²) in [5.74, 6) is 0.616. The Balaban J connectivity index is 1.69. The Labute approximate surface area is 191 Å². The van der Waals surface area contributed by atoms with Crippen LogP contribution < -0.4 is 9.47 Å². The van der Waals surface area contributed by atoms with Crippen LogP contribution in [-0.2, 0) is 14.2 Å². The third-order valence-corrected chi connectivity index (χ3v) is 5.69. The van der Waals surface area contributed by atoms with E-state index in [1.165, 1.54) is 14.0 Å². The average Bonchev–Trinajstić information content (AvgIpc) is 2.81. The lowest BCUT2D eigenvalue weighted by atomic mass is 9.98. The molecule has 6 N–H and O–H groups in total. The third-order valence-electron chi connectivity index (χ3n) is 5.69. The number of hydrogen-bond acceptors (Lipinski definition) is 11. The van der Waals surface area contributed by atoms with Gasteiger partial charge in [-0.1, -0.05) is 18.2 Å². The normalized spacial score (nSPS) is 39.5. The highest BCUT2D eigenvalue weighted by Crippen LogP contribution is 2.32. The van der Waals surface area contributed by atoms with Gasteiger partial charge in [0, 0.05) is 0 Å². The molecular formula is C22H32O11. The van der Waals surface area contributed by atoms with Crippen LogP contribution in [0.15, 0.2) is 24.3 Å². The van der Waals surface area contributed by atoms with Crippen molar-refractivity contribution in [1.29, 1.82) is 0 Å². The maximum absolute atomic E-state index is 10.4. The first kappa shape index (κ1) is 25.8. The van der Waals surface area contributed by atoms with E-state index in [1.54, 1.807) is 18.2 Å². The Bertz CT molecular complexity index is 803. The molecule has 11 heteroatoms. The number of allylic oxidation sites excluding steroid dienone is 1. The SMILES string of the molecule is CC=Cc1ccc(O[C@@H]2O[C@H](CO[C@@H]3O[C@@H](C)[C@H](O)[C@@H](O)[C@H]3O)[C@@H](O)[C@H](O)[C@H]2O)c(OC)c1. The van der Waals surface area contributed by atoms with Crippen molar-refractivity contribution >= 4 is 6.08 Å². The van der Waals surface area contributed by atoms with Gasteiger partial charge in [0.05, 0.1) is 19.8 Å². The number of aliphatic hydroxyl groups excluding tert-OH is 6. The molecule has 11 nitrogen and oxygen atoms in total. The zero-order chi connectivity index (χ0) is 24.3. The topological polar surface area (TPSA) is 168 Å². The van der Waals surface area contributed by atoms with Gasteiger partial charge in [0.1, 0.15) is 42.7 Å². The largest absolute Gasteiger partial charge is 0.493 e. The Hall–Kier alpha value is -1.80. The van der Waals surface area contributed by atoms with E-state index in [1.807, 2.05) is 19.1 Å². The predicted molar refractivity (Wildman–Crippen MR) is 113 cm³/mol. The molecule has 0 bridgehead atoms. The lowest BCUT2D eigenvalue weighted by molar-refractivity contribution is -0.318. The summed E-state index contributed by atoms with van der Waals surface area (Å²) in [5, 5.41) is 60.8. The summed E-state index contributed by atoms with van der Waals surface area (Å²) in [4.78, 5) is 0. The van der Waals surface area contributed by atoms with E-state index in [9.17, 15) is 30.6 Å². The Morgan fingerprint density at radius 1 is 0.848 bits per heavy atom. The number of benzene rings is 1. The standard InChI is InChI=1S/C22H32O11/c1-4-5-11-6-7-12(13(8-11)29-3)32-22-20(28)18(26)16(24)14(33-22)9-30-21-19(27)17(25)15(23)10(2)31-21/h4-8,10,14-28H,9H2,1-3H3/t10-,14+,15-,16+,17+,18-,19+,20+,21+,22+/m0/s1. The molecule has 2 aliphatic heterocycles. The highest BCUT2D eigenvalue weighted by atomic mass is 16.7. The Morgan fingerprint density at radius 2 is 1.52 bits per heavy atom. The van der Waals surface area contributed by atoms with Crippen molar-refractivity contribution in [2.24, 2.45) is 0 Å². The van der Waals surface area contributed by atoms with E-state index in [-0.39, 0.29) is 12.4 Å². The summed E-state index contributed by atoms with van der Waals surface area (Å²) < 4.78 is 27.5. The van der Waals surface area contributed by atoms with Crippen molar-refractivity contribution in [2.45, 2.75) is 75.3 Å². The second-order valence-corrected chi connectivity index (χ2v) is 8.06. The van der Waals surface area contributed by atoms with Crippen molar-refractivity contribution in [2.75, 3.05) is 13.7 Å². The molecule has 3 rings (SSSR count). The van der Waals surface area contributed by atoms with Gasteiger partial charge >= 0.3 is 0 Å². The zero-order valence-electron chi connectivity index (χ0n) is 18.6. The summed E-state index contributed by atoms with van der Waals surface area (Å²) in [6.45, 7) is 3.00. The van der Waals surface area contributed by atoms with Crippen LogP contribution in [0.1, 0.15) is 19.4 Å². The lowest BCUT2D eigenvalue weighted by Crippen LogP contribution is -2.61. The molecule has 2 fully saturated rings. The van der Waals surface area contributed by atoms with Crippen LogP contribution in [-0.4, -0.2) is 106 Å². The van der Waals surface area contributed by atoms with Crippen molar-refractivity contribution in [3.8, 4) is 11.5 Å². The summed E-state index contributed by atoms with van der Waals surface area (Å²) in [5.41, 5.74) is 0.862. The fourth-order valence-electron chi connectivity index (χ4n) is 3.70. The van der Waals surface area contributed by atoms with Crippen molar-refractivity contribution in [3.63, 3.8) is 0 Å². The van der Waals surface area contributed by atoms with Crippen LogP contribution in [0, 0.1) is 0 Å². The highest BCUT2D eigenvalue weighted by molar-refractivity contribution is 5.55. The number of ether oxygens (including phenoxy) is 5. The average molecular weight is 472 g/mol. The van der Waals surface area contributed by atoms with Crippen LogP contribution in [0.2, 0.25) is 0 Å². The molecule has 0 unspecified atom stereocenters. The van der Waals surface area contributed by atoms with Gasteiger partial charge in [-0.15, -0.1) is 0 Å². The predicted octanol–water partition coefficient (Wildman–Crippen LogP) is -1.24. The van der Waals surface area contributed by atoms with Gasteiger partial charge in [-0.25, -0.2) is 0 Å². The van der Waals surface area contributed by atoms with Gasteiger partial charge in [-0.05, 0) is 31.5 Å². The fraction of sp³-hybridized carbons (Fsp3) is 0.636. The maximum atomic E-state index is 10.4. The molecule has 0 aromatic heterocycles. The summed E-state index contributed by atoms with van der Waals surface area (Å²) in [6.07, 6.45) is -9.99. The van der Waals surface area contributed by atoms with E-state index in [0.717, 1.165) is 5.56 Å². The molecule has 0 saturated carbocycles. The van der Waals surface area contributed by atoms with E-state index in [2.05, 4.69) is 0 Å². The number of hydrogen-bond donors (Lipinski definition) is 6. The van der Waals surface area contributed by atoms with Crippen LogP contribution in [0.4, 0.5) is 0 Å². The molecule has 0 aliphatic carbocycles. The highest BCUT2D eigenvalue weighted by Gasteiger charge is 2.47. The molecular weight excluding hydrogens is 440 g/mol. The van der Waals surface area contributed by atoms with Crippen LogP contribution in [0.3, 0.4) is 0 Å².